The molecule has 0 spiro atoms. The van der Waals surface area contributed by atoms with Crippen molar-refractivity contribution in [3.63, 3.8) is 0 Å². The van der Waals surface area contributed by atoms with Crippen molar-refractivity contribution in [2.45, 2.75) is 13.3 Å². The molecule has 0 bridgehead atoms. The van der Waals surface area contributed by atoms with Gasteiger partial charge in [0.25, 0.3) is 0 Å². The van der Waals surface area contributed by atoms with Gasteiger partial charge in [0, 0.05) is 23.4 Å². The summed E-state index contributed by atoms with van der Waals surface area (Å²) in [6.45, 7) is 2.10. The van der Waals surface area contributed by atoms with Crippen LogP contribution in [0.3, 0.4) is 0 Å². The summed E-state index contributed by atoms with van der Waals surface area (Å²) in [5, 5.41) is 2.95. The number of anilines is 1. The molecule has 1 aromatic carbocycles. The summed E-state index contributed by atoms with van der Waals surface area (Å²) in [5.74, 6) is 6.87. The second-order valence-electron chi connectivity index (χ2n) is 5.35. The summed E-state index contributed by atoms with van der Waals surface area (Å²) in [6, 6.07) is 13.2. The molecule has 3 nitrogen and oxygen atoms in total. The minimum atomic E-state index is 0.109. The van der Waals surface area contributed by atoms with Crippen LogP contribution in [0, 0.1) is 23.7 Å². The van der Waals surface area contributed by atoms with Crippen molar-refractivity contribution >= 4 is 11.6 Å². The van der Waals surface area contributed by atoms with Crippen molar-refractivity contribution in [3.8, 4) is 11.8 Å². The number of nitrogens with one attached hydrogen (secondary N) is 1. The van der Waals surface area contributed by atoms with Gasteiger partial charge in [0.15, 0.2) is 0 Å². The first kappa shape index (κ1) is 13.4. The van der Waals surface area contributed by atoms with Crippen LogP contribution < -0.4 is 5.32 Å². The lowest BCUT2D eigenvalue weighted by atomic mass is 10.2. The highest BCUT2D eigenvalue weighted by atomic mass is 16.2. The summed E-state index contributed by atoms with van der Waals surface area (Å²) in [7, 11) is 0. The second kappa shape index (κ2) is 5.80. The molecule has 1 heterocycles. The molecule has 0 saturated heterocycles. The Morgan fingerprint density at radius 3 is 2.81 bits per heavy atom. The molecule has 1 N–H and O–H groups in total. The average Bonchev–Trinajstić information content (AvgIpc) is 3.24. The Morgan fingerprint density at radius 1 is 1.24 bits per heavy atom. The van der Waals surface area contributed by atoms with Gasteiger partial charge in [-0.05, 0) is 48.6 Å². The molecule has 1 saturated carbocycles. The Morgan fingerprint density at radius 2 is 2.10 bits per heavy atom. The van der Waals surface area contributed by atoms with Crippen LogP contribution in [0.25, 0.3) is 0 Å². The van der Waals surface area contributed by atoms with E-state index in [2.05, 4.69) is 29.1 Å². The minimum absolute atomic E-state index is 0.109. The van der Waals surface area contributed by atoms with E-state index in [4.69, 9.17) is 0 Å². The van der Waals surface area contributed by atoms with Gasteiger partial charge >= 0.3 is 0 Å². The third-order valence-electron chi connectivity index (χ3n) is 3.58. The van der Waals surface area contributed by atoms with Crippen LogP contribution in [0.5, 0.6) is 0 Å². The molecule has 21 heavy (non-hydrogen) atoms. The molecule has 0 unspecified atom stereocenters. The van der Waals surface area contributed by atoms with Crippen molar-refractivity contribution in [2.75, 3.05) is 5.32 Å². The summed E-state index contributed by atoms with van der Waals surface area (Å²) in [6.07, 6.45) is 2.71. The summed E-state index contributed by atoms with van der Waals surface area (Å²) >= 11 is 0. The van der Waals surface area contributed by atoms with Crippen molar-refractivity contribution in [1.82, 2.24) is 4.98 Å². The van der Waals surface area contributed by atoms with Crippen LogP contribution in [-0.2, 0) is 4.79 Å². The van der Waals surface area contributed by atoms with E-state index >= 15 is 0 Å². The van der Waals surface area contributed by atoms with Gasteiger partial charge in [0.2, 0.25) is 5.91 Å². The predicted octanol–water partition coefficient (Wildman–Crippen LogP) is 3.08. The number of pyridine rings is 1. The van der Waals surface area contributed by atoms with Crippen LogP contribution in [0.1, 0.15) is 24.6 Å². The molecule has 0 radical (unpaired) electrons. The highest BCUT2D eigenvalue weighted by Crippen LogP contribution is 2.38. The SMILES string of the molecule is C[C@H]1C[C@H]1C(=O)Nc1cccc(C#Cc2ccccn2)c1. The number of benzene rings is 1. The van der Waals surface area contributed by atoms with Crippen LogP contribution in [0.4, 0.5) is 5.69 Å². The van der Waals surface area contributed by atoms with E-state index in [1.54, 1.807) is 6.20 Å². The van der Waals surface area contributed by atoms with E-state index in [9.17, 15) is 4.79 Å². The molecule has 3 heteroatoms. The zero-order chi connectivity index (χ0) is 14.7. The first-order chi connectivity index (χ1) is 10.2. The Labute approximate surface area is 124 Å². The van der Waals surface area contributed by atoms with Gasteiger partial charge < -0.3 is 5.32 Å². The normalized spacial score (nSPS) is 19.3. The first-order valence-corrected chi connectivity index (χ1v) is 7.06. The Bertz CT molecular complexity index is 713. The zero-order valence-corrected chi connectivity index (χ0v) is 11.8. The largest absolute Gasteiger partial charge is 0.326 e. The number of amides is 1. The molecule has 2 atom stereocenters. The molecule has 3 rings (SSSR count). The Kier molecular flexibility index (Phi) is 3.70. The van der Waals surface area contributed by atoms with Gasteiger partial charge in [-0.3, -0.25) is 4.79 Å². The molecule has 2 aromatic rings. The summed E-state index contributed by atoms with van der Waals surface area (Å²) in [4.78, 5) is 16.1. The average molecular weight is 276 g/mol. The van der Waals surface area contributed by atoms with E-state index in [0.717, 1.165) is 23.4 Å². The van der Waals surface area contributed by atoms with Crippen LogP contribution in [0.2, 0.25) is 0 Å². The number of rotatable bonds is 2. The number of hydrogen-bond acceptors (Lipinski definition) is 2. The fraction of sp³-hybridized carbons (Fsp3) is 0.222. The summed E-state index contributed by atoms with van der Waals surface area (Å²) < 4.78 is 0. The lowest BCUT2D eigenvalue weighted by Gasteiger charge is -2.04. The number of nitrogens with zero attached hydrogens (tertiary/aromatic N) is 1. The van der Waals surface area contributed by atoms with Crippen molar-refractivity contribution < 1.29 is 4.79 Å². The van der Waals surface area contributed by atoms with E-state index in [1.165, 1.54) is 0 Å². The van der Waals surface area contributed by atoms with Crippen molar-refractivity contribution in [2.24, 2.45) is 11.8 Å². The van der Waals surface area contributed by atoms with Crippen molar-refractivity contribution in [3.05, 3.63) is 59.9 Å². The predicted molar refractivity (Wildman–Crippen MR) is 82.6 cm³/mol. The van der Waals surface area contributed by atoms with Crippen LogP contribution >= 0.6 is 0 Å². The molecular weight excluding hydrogens is 260 g/mol. The fourth-order valence-electron chi connectivity index (χ4n) is 2.17. The Balaban J connectivity index is 1.72. The molecule has 1 aliphatic rings. The third kappa shape index (κ3) is 3.49. The Hall–Kier alpha value is -2.60. The molecule has 1 aliphatic carbocycles. The molecule has 1 aromatic heterocycles. The summed E-state index contributed by atoms with van der Waals surface area (Å²) in [5.41, 5.74) is 2.40. The number of aromatic nitrogens is 1. The maximum Gasteiger partial charge on any atom is 0.227 e. The smallest absolute Gasteiger partial charge is 0.227 e. The van der Waals surface area contributed by atoms with E-state index in [-0.39, 0.29) is 11.8 Å². The monoisotopic (exact) mass is 276 g/mol. The maximum absolute atomic E-state index is 11.9. The topological polar surface area (TPSA) is 42.0 Å². The van der Waals surface area contributed by atoms with Gasteiger partial charge in [-0.25, -0.2) is 4.98 Å². The van der Waals surface area contributed by atoms with Crippen LogP contribution in [0.15, 0.2) is 48.7 Å². The number of carbonyl (C=O) groups excluding carboxylic acids is 1. The molecule has 104 valence electrons. The van der Waals surface area contributed by atoms with Gasteiger partial charge in [0.05, 0.1) is 0 Å². The quantitative estimate of drug-likeness (QED) is 0.856. The first-order valence-electron chi connectivity index (χ1n) is 7.06. The zero-order valence-electron chi connectivity index (χ0n) is 11.8. The van der Waals surface area contributed by atoms with Gasteiger partial charge in [-0.15, -0.1) is 0 Å². The molecular formula is C18H16N2O. The lowest BCUT2D eigenvalue weighted by molar-refractivity contribution is -0.117. The van der Waals surface area contributed by atoms with E-state index < -0.39 is 0 Å². The third-order valence-corrected chi connectivity index (χ3v) is 3.58. The fourth-order valence-corrected chi connectivity index (χ4v) is 2.17. The van der Waals surface area contributed by atoms with Gasteiger partial charge in [0.1, 0.15) is 5.69 Å². The molecule has 0 aliphatic heterocycles. The minimum Gasteiger partial charge on any atom is -0.326 e. The van der Waals surface area contributed by atoms with Gasteiger partial charge in [-0.1, -0.05) is 25.0 Å². The second-order valence-corrected chi connectivity index (χ2v) is 5.35. The lowest BCUT2D eigenvalue weighted by Crippen LogP contribution is -2.14. The van der Waals surface area contributed by atoms with E-state index in [0.29, 0.717) is 5.92 Å². The highest BCUT2D eigenvalue weighted by molar-refractivity contribution is 5.94. The number of hydrogen-bond donors (Lipinski definition) is 1. The number of carbonyl (C=O) groups is 1. The van der Waals surface area contributed by atoms with Gasteiger partial charge in [-0.2, -0.15) is 0 Å². The van der Waals surface area contributed by atoms with Crippen molar-refractivity contribution in [1.29, 1.82) is 0 Å². The standard InChI is InChI=1S/C18H16N2O/c1-13-11-17(13)18(21)20-16-7-4-5-14(12-16)8-9-15-6-2-3-10-19-15/h2-7,10,12-13,17H,11H2,1H3,(H,20,21)/t13-,17+/m0/s1. The molecule has 1 fully saturated rings. The highest BCUT2D eigenvalue weighted by Gasteiger charge is 2.38. The van der Waals surface area contributed by atoms with E-state index in [1.807, 2.05) is 42.5 Å². The maximum atomic E-state index is 11.9. The van der Waals surface area contributed by atoms with Crippen LogP contribution in [-0.4, -0.2) is 10.9 Å². The molecule has 1 amide bonds.